The second kappa shape index (κ2) is 5.24. The molecule has 0 aliphatic carbocycles. The minimum atomic E-state index is -5.85. The van der Waals surface area contributed by atoms with Crippen LogP contribution in [0.3, 0.4) is 0 Å². The molecule has 2 nitrogen and oxygen atoms in total. The first-order chi connectivity index (χ1) is 9.29. The van der Waals surface area contributed by atoms with E-state index >= 15 is 0 Å². The summed E-state index contributed by atoms with van der Waals surface area (Å²) in [5, 5.41) is 7.12. The third-order valence-corrected chi connectivity index (χ3v) is 6.18. The highest BCUT2D eigenvalue weighted by atomic mass is 28.3. The van der Waals surface area contributed by atoms with Gasteiger partial charge in [0.05, 0.1) is 15.2 Å². The average Bonchev–Trinajstić information content (AvgIpc) is 2.35. The summed E-state index contributed by atoms with van der Waals surface area (Å²) in [5.74, 6) is -4.95. The Morgan fingerprint density at radius 1 is 0.952 bits per heavy atom. The summed E-state index contributed by atoms with van der Waals surface area (Å²) in [6.07, 6.45) is -5.85. The third-order valence-electron chi connectivity index (χ3n) is 3.40. The largest absolute Gasteiger partial charge is 0.497 e. The number of alkyl halides is 5. The van der Waals surface area contributed by atoms with E-state index in [2.05, 4.69) is 0 Å². The first-order valence-corrected chi connectivity index (χ1v) is 9.60. The number of rotatable bonds is 4. The Morgan fingerprint density at radius 3 is 1.67 bits per heavy atom. The summed E-state index contributed by atoms with van der Waals surface area (Å²) in [7, 11) is -2.04. The molecule has 0 aromatic heterocycles. The molecule has 8 heteroatoms. The molecule has 120 valence electrons. The maximum atomic E-state index is 14.0. The maximum Gasteiger partial charge on any atom is 0.456 e. The summed E-state index contributed by atoms with van der Waals surface area (Å²) in [5.41, 5.74) is -0.468. The number of benzene rings is 1. The van der Waals surface area contributed by atoms with E-state index in [9.17, 15) is 27.1 Å². The molecule has 0 radical (unpaired) electrons. The standard InChI is InChI=1S/C13H17F5O2Si/c1-20-10-7-5-9(6-8-10)11(19,21(2,3)4)12(14,15)13(16,17)18/h5-8,19H,1-4H3. The third kappa shape index (κ3) is 2.78. The van der Waals surface area contributed by atoms with Gasteiger partial charge in [-0.15, -0.1) is 0 Å². The Kier molecular flexibility index (Phi) is 4.47. The van der Waals surface area contributed by atoms with Crippen molar-refractivity contribution in [1.82, 2.24) is 0 Å². The first-order valence-electron chi connectivity index (χ1n) is 6.10. The Bertz CT molecular complexity index is 493. The second-order valence-corrected chi connectivity index (χ2v) is 11.0. The summed E-state index contributed by atoms with van der Waals surface area (Å²) >= 11 is 0. The molecule has 0 spiro atoms. The summed E-state index contributed by atoms with van der Waals surface area (Å²) < 4.78 is 71.1. The lowest BCUT2D eigenvalue weighted by Crippen LogP contribution is -2.66. The molecule has 0 amide bonds. The van der Waals surface area contributed by atoms with Gasteiger partial charge in [0.25, 0.3) is 0 Å². The topological polar surface area (TPSA) is 29.5 Å². The normalized spacial score (nSPS) is 16.5. The molecule has 0 saturated carbocycles. The number of methoxy groups -OCH3 is 1. The van der Waals surface area contributed by atoms with E-state index in [1.807, 2.05) is 0 Å². The Hall–Kier alpha value is -1.15. The molecule has 0 bridgehead atoms. The molecule has 1 atom stereocenters. The highest BCUT2D eigenvalue weighted by molar-refractivity contribution is 6.78. The SMILES string of the molecule is COc1ccc(C(O)(C(F)(F)C(F)(F)F)[Si](C)(C)C)cc1. The van der Waals surface area contributed by atoms with Crippen LogP contribution in [-0.4, -0.2) is 32.4 Å². The van der Waals surface area contributed by atoms with Crippen molar-refractivity contribution in [3.63, 3.8) is 0 Å². The van der Waals surface area contributed by atoms with Crippen molar-refractivity contribution in [2.24, 2.45) is 0 Å². The smallest absolute Gasteiger partial charge is 0.456 e. The lowest BCUT2D eigenvalue weighted by Gasteiger charge is -2.45. The highest BCUT2D eigenvalue weighted by Gasteiger charge is 2.74. The second-order valence-electron chi connectivity index (χ2n) is 5.76. The van der Waals surface area contributed by atoms with Gasteiger partial charge in [-0.05, 0) is 17.7 Å². The van der Waals surface area contributed by atoms with Gasteiger partial charge in [-0.3, -0.25) is 0 Å². The van der Waals surface area contributed by atoms with Crippen LogP contribution in [0.5, 0.6) is 5.75 Å². The molecule has 1 aromatic carbocycles. The van der Waals surface area contributed by atoms with Gasteiger partial charge in [-0.2, -0.15) is 22.0 Å². The van der Waals surface area contributed by atoms with Gasteiger partial charge in [-0.1, -0.05) is 31.8 Å². The minimum Gasteiger partial charge on any atom is -0.497 e. The highest BCUT2D eigenvalue weighted by Crippen LogP contribution is 2.52. The lowest BCUT2D eigenvalue weighted by molar-refractivity contribution is -0.329. The van der Waals surface area contributed by atoms with Gasteiger partial charge < -0.3 is 9.84 Å². The molecule has 1 unspecified atom stereocenters. The van der Waals surface area contributed by atoms with Crippen LogP contribution < -0.4 is 4.74 Å². The minimum absolute atomic E-state index is 0.298. The van der Waals surface area contributed by atoms with Gasteiger partial charge in [0.1, 0.15) is 11.0 Å². The zero-order chi connectivity index (χ0) is 16.7. The van der Waals surface area contributed by atoms with E-state index < -0.39 is 31.0 Å². The van der Waals surface area contributed by atoms with Crippen molar-refractivity contribution in [3.05, 3.63) is 29.8 Å². The van der Waals surface area contributed by atoms with Crippen LogP contribution in [0.1, 0.15) is 5.56 Å². The zero-order valence-corrected chi connectivity index (χ0v) is 13.1. The van der Waals surface area contributed by atoms with Crippen LogP contribution in [0.2, 0.25) is 19.6 Å². The number of ether oxygens (including phenoxy) is 1. The first kappa shape index (κ1) is 17.9. The molecule has 1 rings (SSSR count). The molecule has 0 saturated heterocycles. The molecule has 0 heterocycles. The van der Waals surface area contributed by atoms with Crippen LogP contribution in [-0.2, 0) is 5.22 Å². The van der Waals surface area contributed by atoms with E-state index in [1.54, 1.807) is 0 Å². The lowest BCUT2D eigenvalue weighted by atomic mass is 10.0. The van der Waals surface area contributed by atoms with Crippen LogP contribution in [0.15, 0.2) is 24.3 Å². The van der Waals surface area contributed by atoms with E-state index in [1.165, 1.54) is 38.9 Å². The molecule has 21 heavy (non-hydrogen) atoms. The fraction of sp³-hybridized carbons (Fsp3) is 0.538. The Labute approximate surface area is 120 Å². The summed E-state index contributed by atoms with van der Waals surface area (Å²) in [4.78, 5) is 0. The van der Waals surface area contributed by atoms with Gasteiger partial charge in [0.2, 0.25) is 0 Å². The van der Waals surface area contributed by atoms with Crippen LogP contribution in [0.4, 0.5) is 22.0 Å². The van der Waals surface area contributed by atoms with Crippen molar-refractivity contribution in [3.8, 4) is 5.75 Å². The maximum absolute atomic E-state index is 14.0. The van der Waals surface area contributed by atoms with Crippen molar-refractivity contribution in [1.29, 1.82) is 0 Å². The molecule has 1 aromatic rings. The van der Waals surface area contributed by atoms with Crippen molar-refractivity contribution in [2.75, 3.05) is 7.11 Å². The molecule has 0 aliphatic rings. The van der Waals surface area contributed by atoms with E-state index in [-0.39, 0.29) is 0 Å². The van der Waals surface area contributed by atoms with E-state index in [0.29, 0.717) is 5.75 Å². The van der Waals surface area contributed by atoms with Gasteiger partial charge in [0, 0.05) is 0 Å². The van der Waals surface area contributed by atoms with Crippen LogP contribution in [0, 0.1) is 0 Å². The van der Waals surface area contributed by atoms with Crippen molar-refractivity contribution in [2.45, 2.75) is 37.0 Å². The average molecular weight is 328 g/mol. The van der Waals surface area contributed by atoms with Crippen molar-refractivity contribution < 1.29 is 31.8 Å². The number of hydrogen-bond acceptors (Lipinski definition) is 2. The van der Waals surface area contributed by atoms with Crippen LogP contribution >= 0.6 is 0 Å². The number of aliphatic hydroxyl groups is 1. The van der Waals surface area contributed by atoms with E-state index in [0.717, 1.165) is 12.1 Å². The monoisotopic (exact) mass is 328 g/mol. The molecular formula is C13H17F5O2Si. The summed E-state index contributed by atoms with van der Waals surface area (Å²) in [6.45, 7) is 3.78. The van der Waals surface area contributed by atoms with Crippen LogP contribution in [0.25, 0.3) is 0 Å². The quantitative estimate of drug-likeness (QED) is 0.670. The number of halogens is 5. The predicted molar refractivity (Wildman–Crippen MR) is 71.2 cm³/mol. The molecule has 1 N–H and O–H groups in total. The van der Waals surface area contributed by atoms with Crippen molar-refractivity contribution >= 4 is 8.07 Å². The predicted octanol–water partition coefficient (Wildman–Crippen LogP) is 3.96. The molecular weight excluding hydrogens is 311 g/mol. The fourth-order valence-electron chi connectivity index (χ4n) is 2.12. The molecule has 0 aliphatic heterocycles. The zero-order valence-electron chi connectivity index (χ0n) is 12.1. The summed E-state index contributed by atoms with van der Waals surface area (Å²) in [6, 6.07) is 4.56. The molecule has 0 fully saturated rings. The number of hydrogen-bond donors (Lipinski definition) is 1. The Balaban J connectivity index is 3.55. The van der Waals surface area contributed by atoms with E-state index in [4.69, 9.17) is 4.74 Å². The Morgan fingerprint density at radius 2 is 1.38 bits per heavy atom. The van der Waals surface area contributed by atoms with Gasteiger partial charge in [0.15, 0.2) is 0 Å². The van der Waals surface area contributed by atoms with Gasteiger partial charge >= 0.3 is 12.1 Å². The van der Waals surface area contributed by atoms with Gasteiger partial charge in [-0.25, -0.2) is 0 Å². The fourth-order valence-corrected chi connectivity index (χ4v) is 4.24.